The Morgan fingerprint density at radius 1 is 1.14 bits per heavy atom. The molecular formula is C23H25NO4. The van der Waals surface area contributed by atoms with Gasteiger partial charge < -0.3 is 14.6 Å². The molecule has 0 aromatic heterocycles. The minimum absolute atomic E-state index is 0.223. The summed E-state index contributed by atoms with van der Waals surface area (Å²) in [6, 6.07) is 16.9. The highest BCUT2D eigenvalue weighted by Gasteiger charge is 2.49. The molecule has 5 heteroatoms. The Morgan fingerprint density at radius 2 is 1.79 bits per heavy atom. The van der Waals surface area contributed by atoms with E-state index in [1.54, 1.807) is 11.0 Å². The molecule has 5 nitrogen and oxygen atoms in total. The number of hydrogen-bond donors (Lipinski definition) is 1. The maximum Gasteiger partial charge on any atom is 0.410 e. The van der Waals surface area contributed by atoms with Gasteiger partial charge in [-0.15, -0.1) is 0 Å². The Hall–Kier alpha value is -2.63. The third-order valence-electron chi connectivity index (χ3n) is 5.65. The molecule has 2 fully saturated rings. The lowest BCUT2D eigenvalue weighted by atomic mass is 9.75. The summed E-state index contributed by atoms with van der Waals surface area (Å²) in [5.41, 5.74) is 1.72. The number of fused-ring (bicyclic) bond motifs is 2. The van der Waals surface area contributed by atoms with E-state index in [0.29, 0.717) is 26.1 Å². The van der Waals surface area contributed by atoms with Crippen LogP contribution in [0.3, 0.4) is 0 Å². The molecule has 0 saturated carbocycles. The molecule has 2 saturated heterocycles. The van der Waals surface area contributed by atoms with E-state index >= 15 is 0 Å². The van der Waals surface area contributed by atoms with Gasteiger partial charge in [0.1, 0.15) is 6.61 Å². The SMILES string of the molecule is C=Cc1ccccc1C1(O)CC2COCC(C1)N2C(=O)OCc1ccccc1. The van der Waals surface area contributed by atoms with Gasteiger partial charge in [0.25, 0.3) is 0 Å². The number of carbonyl (C=O) groups excluding carboxylic acids is 1. The first-order valence-electron chi connectivity index (χ1n) is 9.62. The van der Waals surface area contributed by atoms with Crippen LogP contribution in [-0.2, 0) is 21.7 Å². The number of piperidine rings is 1. The summed E-state index contributed by atoms with van der Waals surface area (Å²) in [6.45, 7) is 4.90. The van der Waals surface area contributed by atoms with Crippen molar-refractivity contribution in [3.63, 3.8) is 0 Å². The summed E-state index contributed by atoms with van der Waals surface area (Å²) < 4.78 is 11.2. The number of rotatable bonds is 4. The Balaban J connectivity index is 1.52. The molecule has 146 valence electrons. The molecule has 2 aromatic rings. The molecule has 2 bridgehead atoms. The first-order valence-corrected chi connectivity index (χ1v) is 9.62. The van der Waals surface area contributed by atoms with Crippen LogP contribution in [0, 0.1) is 0 Å². The quantitative estimate of drug-likeness (QED) is 0.880. The van der Waals surface area contributed by atoms with Crippen molar-refractivity contribution in [3.8, 4) is 0 Å². The summed E-state index contributed by atoms with van der Waals surface area (Å²) in [5.74, 6) is 0. The highest BCUT2D eigenvalue weighted by molar-refractivity contribution is 5.69. The van der Waals surface area contributed by atoms with Crippen molar-refractivity contribution in [2.75, 3.05) is 13.2 Å². The lowest BCUT2D eigenvalue weighted by Crippen LogP contribution is -2.62. The summed E-state index contributed by atoms with van der Waals surface area (Å²) in [6.07, 6.45) is 2.24. The lowest BCUT2D eigenvalue weighted by Gasteiger charge is -2.51. The van der Waals surface area contributed by atoms with E-state index in [0.717, 1.165) is 16.7 Å². The van der Waals surface area contributed by atoms with Crippen molar-refractivity contribution in [1.82, 2.24) is 4.90 Å². The Labute approximate surface area is 165 Å². The second kappa shape index (κ2) is 7.78. The van der Waals surface area contributed by atoms with Gasteiger partial charge in [0, 0.05) is 12.8 Å². The summed E-state index contributed by atoms with van der Waals surface area (Å²) in [5, 5.41) is 11.5. The topological polar surface area (TPSA) is 59.0 Å². The summed E-state index contributed by atoms with van der Waals surface area (Å²) in [4.78, 5) is 14.6. The van der Waals surface area contributed by atoms with Crippen LogP contribution in [0.2, 0.25) is 0 Å². The standard InChI is InChI=1S/C23H25NO4/c1-2-18-10-6-7-11-21(18)23(26)12-19-15-27-16-20(13-23)24(19)22(25)28-14-17-8-4-3-5-9-17/h2-11,19-20,26H,1,12-16H2. The number of morpholine rings is 1. The molecule has 4 rings (SSSR count). The summed E-state index contributed by atoms with van der Waals surface area (Å²) in [7, 11) is 0. The van der Waals surface area contributed by atoms with E-state index in [4.69, 9.17) is 9.47 Å². The Bertz CT molecular complexity index is 837. The zero-order valence-corrected chi connectivity index (χ0v) is 15.8. The molecule has 2 aliphatic rings. The molecule has 0 radical (unpaired) electrons. The molecule has 0 spiro atoms. The van der Waals surface area contributed by atoms with E-state index in [-0.39, 0.29) is 24.8 Å². The van der Waals surface area contributed by atoms with Crippen LogP contribution in [0.25, 0.3) is 6.08 Å². The van der Waals surface area contributed by atoms with E-state index < -0.39 is 5.60 Å². The minimum atomic E-state index is -1.01. The molecular weight excluding hydrogens is 354 g/mol. The fourth-order valence-electron chi connectivity index (χ4n) is 4.39. The Kier molecular flexibility index (Phi) is 5.20. The van der Waals surface area contributed by atoms with Crippen molar-refractivity contribution in [1.29, 1.82) is 0 Å². The molecule has 2 aromatic carbocycles. The van der Waals surface area contributed by atoms with Crippen LogP contribution >= 0.6 is 0 Å². The normalized spacial score (nSPS) is 26.5. The van der Waals surface area contributed by atoms with Crippen molar-refractivity contribution in [2.24, 2.45) is 0 Å². The van der Waals surface area contributed by atoms with E-state index in [1.807, 2.05) is 54.6 Å². The van der Waals surface area contributed by atoms with Gasteiger partial charge >= 0.3 is 6.09 Å². The second-order valence-electron chi connectivity index (χ2n) is 7.52. The van der Waals surface area contributed by atoms with E-state index in [9.17, 15) is 9.90 Å². The molecule has 1 N–H and O–H groups in total. The van der Waals surface area contributed by atoms with Crippen LogP contribution < -0.4 is 0 Å². The Morgan fingerprint density at radius 3 is 2.46 bits per heavy atom. The zero-order chi connectivity index (χ0) is 19.6. The largest absolute Gasteiger partial charge is 0.445 e. The van der Waals surface area contributed by atoms with Gasteiger partial charge in [-0.25, -0.2) is 4.79 Å². The molecule has 2 aliphatic heterocycles. The van der Waals surface area contributed by atoms with Gasteiger partial charge in [-0.2, -0.15) is 0 Å². The molecule has 2 heterocycles. The van der Waals surface area contributed by atoms with Crippen LogP contribution in [0.5, 0.6) is 0 Å². The van der Waals surface area contributed by atoms with Crippen molar-refractivity contribution in [3.05, 3.63) is 77.9 Å². The highest BCUT2D eigenvalue weighted by Crippen LogP contribution is 2.42. The van der Waals surface area contributed by atoms with Crippen LogP contribution in [0.1, 0.15) is 29.5 Å². The third kappa shape index (κ3) is 3.55. The van der Waals surface area contributed by atoms with Gasteiger partial charge in [0.15, 0.2) is 0 Å². The van der Waals surface area contributed by atoms with Gasteiger partial charge in [0.2, 0.25) is 0 Å². The van der Waals surface area contributed by atoms with Crippen LogP contribution in [0.15, 0.2) is 61.2 Å². The number of hydrogen-bond acceptors (Lipinski definition) is 4. The number of benzene rings is 2. The maximum absolute atomic E-state index is 12.8. The number of ether oxygens (including phenoxy) is 2. The second-order valence-corrected chi connectivity index (χ2v) is 7.52. The number of aliphatic hydroxyl groups is 1. The first kappa shape index (κ1) is 18.7. The van der Waals surface area contributed by atoms with Gasteiger partial charge in [-0.3, -0.25) is 4.90 Å². The monoisotopic (exact) mass is 379 g/mol. The van der Waals surface area contributed by atoms with Crippen molar-refractivity contribution in [2.45, 2.75) is 37.1 Å². The van der Waals surface area contributed by atoms with Crippen molar-refractivity contribution >= 4 is 12.2 Å². The molecule has 2 atom stereocenters. The summed E-state index contributed by atoms with van der Waals surface area (Å²) >= 11 is 0. The fraction of sp³-hybridized carbons (Fsp3) is 0.348. The van der Waals surface area contributed by atoms with Gasteiger partial charge in [0.05, 0.1) is 30.9 Å². The first-order chi connectivity index (χ1) is 13.6. The average molecular weight is 379 g/mol. The molecule has 1 amide bonds. The number of carbonyl (C=O) groups is 1. The lowest BCUT2D eigenvalue weighted by molar-refractivity contribution is -0.137. The van der Waals surface area contributed by atoms with Crippen LogP contribution in [0.4, 0.5) is 4.79 Å². The zero-order valence-electron chi connectivity index (χ0n) is 15.8. The molecule has 28 heavy (non-hydrogen) atoms. The van der Waals surface area contributed by atoms with Crippen LogP contribution in [-0.4, -0.2) is 41.4 Å². The number of nitrogens with zero attached hydrogens (tertiary/aromatic N) is 1. The minimum Gasteiger partial charge on any atom is -0.445 e. The predicted molar refractivity (Wildman–Crippen MR) is 107 cm³/mol. The third-order valence-corrected chi connectivity index (χ3v) is 5.65. The van der Waals surface area contributed by atoms with E-state index in [2.05, 4.69) is 6.58 Å². The average Bonchev–Trinajstić information content (AvgIpc) is 2.72. The molecule has 0 aliphatic carbocycles. The van der Waals surface area contributed by atoms with E-state index in [1.165, 1.54) is 0 Å². The number of amides is 1. The fourth-order valence-corrected chi connectivity index (χ4v) is 4.39. The van der Waals surface area contributed by atoms with Gasteiger partial charge in [-0.05, 0) is 16.7 Å². The smallest absolute Gasteiger partial charge is 0.410 e. The highest BCUT2D eigenvalue weighted by atomic mass is 16.6. The van der Waals surface area contributed by atoms with Gasteiger partial charge in [-0.1, -0.05) is 67.3 Å². The molecule has 2 unspecified atom stereocenters. The maximum atomic E-state index is 12.8. The predicted octanol–water partition coefficient (Wildman–Crippen LogP) is 3.72. The van der Waals surface area contributed by atoms with Crippen molar-refractivity contribution < 1.29 is 19.4 Å².